The molecule has 7 aliphatic rings. The number of ether oxygens (including phenoxy) is 1. The summed E-state index contributed by atoms with van der Waals surface area (Å²) in [5, 5.41) is 0. The zero-order valence-electron chi connectivity index (χ0n) is 24.2. The molecule has 6 bridgehead atoms. The summed E-state index contributed by atoms with van der Waals surface area (Å²) in [5.41, 5.74) is 5.60. The highest BCUT2D eigenvalue weighted by Crippen LogP contribution is 2.70. The zero-order chi connectivity index (χ0) is 27.3. The Morgan fingerprint density at radius 2 is 1.40 bits per heavy atom. The van der Waals surface area contributed by atoms with Gasteiger partial charge in [-0.1, -0.05) is 62.4 Å². The van der Waals surface area contributed by atoms with E-state index in [0.717, 1.165) is 57.3 Å². The van der Waals surface area contributed by atoms with Gasteiger partial charge in [0.15, 0.2) is 0 Å². The van der Waals surface area contributed by atoms with Crippen molar-refractivity contribution in [3.05, 3.63) is 59.7 Å². The molecule has 1 amide bonds. The van der Waals surface area contributed by atoms with E-state index < -0.39 is 0 Å². The molecule has 2 aromatic carbocycles. The number of fused-ring (bicyclic) bond motifs is 5. The SMILES string of the molecule is CC12CC3CC(C)(C1)CC(C(=O)C1CC4CCCC(C1)N4C(=O)OCC1c4ccccc4-c4ccccc41)(C3)C2. The van der Waals surface area contributed by atoms with Gasteiger partial charge < -0.3 is 9.64 Å². The minimum atomic E-state index is -0.169. The summed E-state index contributed by atoms with van der Waals surface area (Å²) in [6.07, 6.45) is 11.9. The van der Waals surface area contributed by atoms with E-state index in [2.05, 4.69) is 67.3 Å². The van der Waals surface area contributed by atoms with Crippen LogP contribution >= 0.6 is 0 Å². The van der Waals surface area contributed by atoms with Crippen LogP contribution in [0.25, 0.3) is 11.1 Å². The normalized spacial score (nSPS) is 39.1. The number of ketones is 1. The van der Waals surface area contributed by atoms with Crippen molar-refractivity contribution in [1.29, 1.82) is 0 Å². The number of carbonyl (C=O) groups is 2. The minimum Gasteiger partial charge on any atom is -0.448 e. The van der Waals surface area contributed by atoms with E-state index in [4.69, 9.17) is 4.74 Å². The van der Waals surface area contributed by atoms with Crippen LogP contribution in [0.5, 0.6) is 0 Å². The predicted octanol–water partition coefficient (Wildman–Crippen LogP) is 8.13. The van der Waals surface area contributed by atoms with E-state index in [1.165, 1.54) is 41.5 Å². The largest absolute Gasteiger partial charge is 0.448 e. The molecule has 4 heteroatoms. The molecule has 0 spiro atoms. The summed E-state index contributed by atoms with van der Waals surface area (Å²) >= 11 is 0. The summed E-state index contributed by atoms with van der Waals surface area (Å²) < 4.78 is 6.14. The van der Waals surface area contributed by atoms with Crippen LogP contribution in [0.15, 0.2) is 48.5 Å². The quantitative estimate of drug-likeness (QED) is 0.395. The lowest BCUT2D eigenvalue weighted by Crippen LogP contribution is -2.61. The maximum atomic E-state index is 14.4. The first-order valence-corrected chi connectivity index (χ1v) is 15.9. The van der Waals surface area contributed by atoms with E-state index in [1.54, 1.807) is 0 Å². The molecule has 4 saturated carbocycles. The molecule has 4 nitrogen and oxygen atoms in total. The van der Waals surface area contributed by atoms with Crippen molar-refractivity contribution in [2.45, 2.75) is 102 Å². The summed E-state index contributed by atoms with van der Waals surface area (Å²) in [4.78, 5) is 30.2. The minimum absolute atomic E-state index is 0.0779. The lowest BCUT2D eigenvalue weighted by molar-refractivity contribution is -0.174. The van der Waals surface area contributed by atoms with Crippen LogP contribution in [0, 0.1) is 28.1 Å². The first-order valence-electron chi connectivity index (χ1n) is 15.9. The molecule has 2 aliphatic heterocycles. The third kappa shape index (κ3) is 3.77. The van der Waals surface area contributed by atoms with Crippen LogP contribution in [0.1, 0.15) is 102 Å². The Balaban J connectivity index is 0.986. The van der Waals surface area contributed by atoms with E-state index in [1.807, 2.05) is 0 Å². The number of Topliss-reactive ketones (excluding diaryl/α,β-unsaturated/α-hetero) is 1. The highest BCUT2D eigenvalue weighted by atomic mass is 16.6. The summed E-state index contributed by atoms with van der Waals surface area (Å²) in [5.74, 6) is 1.49. The first-order chi connectivity index (χ1) is 19.2. The molecule has 0 radical (unpaired) electrons. The van der Waals surface area contributed by atoms with E-state index in [0.29, 0.717) is 23.2 Å². The van der Waals surface area contributed by atoms with Gasteiger partial charge in [-0.2, -0.15) is 0 Å². The van der Waals surface area contributed by atoms with Gasteiger partial charge in [-0.3, -0.25) is 4.79 Å². The average Bonchev–Trinajstić information content (AvgIpc) is 3.22. The molecule has 9 rings (SSSR count). The highest BCUT2D eigenvalue weighted by Gasteiger charge is 2.63. The fraction of sp³-hybridized carbons (Fsp3) is 0.611. The van der Waals surface area contributed by atoms with Crippen molar-refractivity contribution in [2.75, 3.05) is 6.61 Å². The topological polar surface area (TPSA) is 46.6 Å². The number of amides is 1. The molecule has 2 heterocycles. The van der Waals surface area contributed by atoms with Gasteiger partial charge in [0.25, 0.3) is 0 Å². The molecule has 40 heavy (non-hydrogen) atoms. The molecular weight excluding hydrogens is 494 g/mol. The fourth-order valence-corrected chi connectivity index (χ4v) is 11.7. The van der Waals surface area contributed by atoms with Gasteiger partial charge in [0, 0.05) is 29.3 Å². The van der Waals surface area contributed by atoms with Crippen LogP contribution in [0.4, 0.5) is 4.79 Å². The molecular formula is C36H43NO3. The second-order valence-electron chi connectivity index (χ2n) is 15.4. The van der Waals surface area contributed by atoms with Crippen LogP contribution in [0.3, 0.4) is 0 Å². The molecule has 4 unspecified atom stereocenters. The molecule has 210 valence electrons. The Morgan fingerprint density at radius 1 is 0.825 bits per heavy atom. The molecule has 0 N–H and O–H groups in total. The highest BCUT2D eigenvalue weighted by molar-refractivity contribution is 5.88. The van der Waals surface area contributed by atoms with Crippen molar-refractivity contribution < 1.29 is 14.3 Å². The maximum absolute atomic E-state index is 14.4. The van der Waals surface area contributed by atoms with E-state index in [9.17, 15) is 9.59 Å². The van der Waals surface area contributed by atoms with Gasteiger partial charge in [-0.15, -0.1) is 0 Å². The third-order valence-electron chi connectivity index (χ3n) is 12.0. The number of nitrogens with zero attached hydrogens (tertiary/aromatic N) is 1. The molecule has 6 fully saturated rings. The van der Waals surface area contributed by atoms with Gasteiger partial charge in [0.1, 0.15) is 12.4 Å². The van der Waals surface area contributed by atoms with Crippen molar-refractivity contribution >= 4 is 11.9 Å². The summed E-state index contributed by atoms with van der Waals surface area (Å²) in [6.45, 7) is 5.30. The van der Waals surface area contributed by atoms with Gasteiger partial charge >= 0.3 is 6.09 Å². The van der Waals surface area contributed by atoms with Crippen molar-refractivity contribution in [3.8, 4) is 11.1 Å². The average molecular weight is 538 g/mol. The Labute approximate surface area is 238 Å². The van der Waals surface area contributed by atoms with Crippen molar-refractivity contribution in [3.63, 3.8) is 0 Å². The number of carbonyl (C=O) groups excluding carboxylic acids is 2. The molecule has 2 aromatic rings. The lowest BCUT2D eigenvalue weighted by atomic mass is 9.39. The number of benzene rings is 2. The number of rotatable bonds is 4. The number of hydrogen-bond donors (Lipinski definition) is 0. The molecule has 0 aromatic heterocycles. The Morgan fingerprint density at radius 3 is 1.98 bits per heavy atom. The van der Waals surface area contributed by atoms with Crippen LogP contribution < -0.4 is 0 Å². The van der Waals surface area contributed by atoms with Gasteiger partial charge in [0.2, 0.25) is 0 Å². The van der Waals surface area contributed by atoms with Crippen molar-refractivity contribution in [2.24, 2.45) is 28.1 Å². The Kier molecular flexibility index (Phi) is 5.46. The van der Waals surface area contributed by atoms with Crippen molar-refractivity contribution in [1.82, 2.24) is 4.90 Å². The number of hydrogen-bond acceptors (Lipinski definition) is 3. The molecule has 4 atom stereocenters. The third-order valence-corrected chi connectivity index (χ3v) is 12.0. The fourth-order valence-electron chi connectivity index (χ4n) is 11.7. The Bertz CT molecular complexity index is 1300. The maximum Gasteiger partial charge on any atom is 0.410 e. The van der Waals surface area contributed by atoms with Crippen LogP contribution in [-0.4, -0.2) is 35.5 Å². The zero-order valence-corrected chi connectivity index (χ0v) is 24.2. The smallest absolute Gasteiger partial charge is 0.410 e. The first kappa shape index (κ1) is 25.1. The van der Waals surface area contributed by atoms with Gasteiger partial charge in [0.05, 0.1) is 0 Å². The van der Waals surface area contributed by atoms with E-state index in [-0.39, 0.29) is 35.4 Å². The molecule has 2 saturated heterocycles. The monoisotopic (exact) mass is 537 g/mol. The van der Waals surface area contributed by atoms with Gasteiger partial charge in [-0.05, 0) is 110 Å². The summed E-state index contributed by atoms with van der Waals surface area (Å²) in [6, 6.07) is 17.3. The van der Waals surface area contributed by atoms with Gasteiger partial charge in [-0.25, -0.2) is 4.79 Å². The molecule has 5 aliphatic carbocycles. The second-order valence-corrected chi connectivity index (χ2v) is 15.4. The standard InChI is InChI=1S/C36H43NO3/c1-34-16-23-17-35(2,20-34)22-36(18-23,21-34)32(38)24-14-25-8-7-9-26(15-24)37(25)33(39)40-19-31-29-12-5-3-10-27(29)28-11-4-6-13-30(28)31/h3-6,10-13,23-26,31H,7-9,14-22H2,1-2H3. The van der Waals surface area contributed by atoms with E-state index >= 15 is 0 Å². The summed E-state index contributed by atoms with van der Waals surface area (Å²) in [7, 11) is 0. The lowest BCUT2D eigenvalue weighted by Gasteiger charge is -2.65. The predicted molar refractivity (Wildman–Crippen MR) is 156 cm³/mol. The van der Waals surface area contributed by atoms with Crippen LogP contribution in [0.2, 0.25) is 0 Å². The van der Waals surface area contributed by atoms with Crippen LogP contribution in [-0.2, 0) is 9.53 Å². The second kappa shape index (κ2) is 8.69. The number of piperidine rings is 2. The Hall–Kier alpha value is -2.62.